The van der Waals surface area contributed by atoms with Crippen molar-refractivity contribution in [1.29, 1.82) is 0 Å². The van der Waals surface area contributed by atoms with Gasteiger partial charge in [0.1, 0.15) is 0 Å². The Hall–Kier alpha value is -0.520. The normalized spacial score (nSPS) is 13.2. The molecule has 0 rings (SSSR count). The van der Waals surface area contributed by atoms with Crippen molar-refractivity contribution in [3.05, 3.63) is 30.7 Å². The molecule has 0 saturated carbocycles. The molecular weight excluding hydrogens is 120 g/mol. The maximum absolute atomic E-state index is 3.89. The molecular formula is C10H17. The molecule has 0 bridgehead atoms. The van der Waals surface area contributed by atoms with Gasteiger partial charge >= 0.3 is 0 Å². The van der Waals surface area contributed by atoms with Crippen molar-refractivity contribution in [3.8, 4) is 0 Å². The van der Waals surface area contributed by atoms with Crippen molar-refractivity contribution in [2.24, 2.45) is 5.92 Å². The van der Waals surface area contributed by atoms with Crippen LogP contribution in [0.25, 0.3) is 0 Å². The lowest BCUT2D eigenvalue weighted by molar-refractivity contribution is 0.659. The summed E-state index contributed by atoms with van der Waals surface area (Å²) < 4.78 is 0. The third-order valence-corrected chi connectivity index (χ3v) is 1.95. The summed E-state index contributed by atoms with van der Waals surface area (Å²) in [5.74, 6) is 1.88. The molecule has 0 heteroatoms. The Morgan fingerprint density at radius 1 is 1.50 bits per heavy atom. The van der Waals surface area contributed by atoms with Crippen molar-refractivity contribution >= 4 is 0 Å². The van der Waals surface area contributed by atoms with Crippen LogP contribution < -0.4 is 0 Å². The van der Waals surface area contributed by atoms with E-state index in [4.69, 9.17) is 0 Å². The highest BCUT2D eigenvalue weighted by Gasteiger charge is 2.11. The molecule has 0 aliphatic heterocycles. The zero-order chi connectivity index (χ0) is 8.15. The Morgan fingerprint density at radius 3 is 2.10 bits per heavy atom. The largest absolute Gasteiger partial charge is 0.103 e. The summed E-state index contributed by atoms with van der Waals surface area (Å²) in [6.45, 7) is 14.0. The van der Waals surface area contributed by atoms with Crippen LogP contribution >= 0.6 is 0 Å². The van der Waals surface area contributed by atoms with Crippen LogP contribution in [0.15, 0.2) is 24.8 Å². The molecule has 57 valence electrons. The highest BCUT2D eigenvalue weighted by atomic mass is 14.2. The molecule has 0 aliphatic carbocycles. The Bertz CT molecular complexity index is 122. The summed E-state index contributed by atoms with van der Waals surface area (Å²) >= 11 is 0. The average molecular weight is 137 g/mol. The average Bonchev–Trinajstić information content (AvgIpc) is 1.90. The van der Waals surface area contributed by atoms with Crippen molar-refractivity contribution in [1.82, 2.24) is 0 Å². The van der Waals surface area contributed by atoms with Crippen molar-refractivity contribution in [2.75, 3.05) is 0 Å². The van der Waals surface area contributed by atoms with Crippen molar-refractivity contribution in [2.45, 2.75) is 27.2 Å². The molecule has 0 fully saturated rings. The van der Waals surface area contributed by atoms with E-state index in [1.165, 1.54) is 11.5 Å². The molecule has 1 radical (unpaired) electrons. The van der Waals surface area contributed by atoms with Crippen LogP contribution in [0.1, 0.15) is 27.2 Å². The van der Waals surface area contributed by atoms with Crippen LogP contribution in [-0.4, -0.2) is 0 Å². The van der Waals surface area contributed by atoms with E-state index in [0.717, 1.165) is 6.42 Å². The van der Waals surface area contributed by atoms with Gasteiger partial charge in [0.25, 0.3) is 0 Å². The highest BCUT2D eigenvalue weighted by molar-refractivity contribution is 5.21. The molecule has 0 aliphatic rings. The van der Waals surface area contributed by atoms with Crippen LogP contribution in [0.5, 0.6) is 0 Å². The quantitative estimate of drug-likeness (QED) is 0.521. The van der Waals surface area contributed by atoms with E-state index in [9.17, 15) is 0 Å². The Morgan fingerprint density at radius 2 is 2.00 bits per heavy atom. The van der Waals surface area contributed by atoms with Gasteiger partial charge in [0.2, 0.25) is 0 Å². The lowest BCUT2D eigenvalue weighted by Crippen LogP contribution is -2.05. The number of allylic oxidation sites excluding steroid dienone is 2. The first kappa shape index (κ1) is 9.48. The summed E-state index contributed by atoms with van der Waals surface area (Å²) in [6, 6.07) is 0. The zero-order valence-electron chi connectivity index (χ0n) is 7.28. The molecule has 10 heavy (non-hydrogen) atoms. The van der Waals surface area contributed by atoms with E-state index >= 15 is 0 Å². The standard InChI is InChI=1S/C10H17/c1-6-10(7-2)9(5)8(3)4/h6,10H,1,3,7H2,2,4-5H3. The van der Waals surface area contributed by atoms with E-state index in [2.05, 4.69) is 27.0 Å². The Labute approximate surface area is 64.6 Å². The van der Waals surface area contributed by atoms with Gasteiger partial charge in [-0.25, -0.2) is 0 Å². The summed E-state index contributed by atoms with van der Waals surface area (Å²) in [6.07, 6.45) is 3.12. The zero-order valence-corrected chi connectivity index (χ0v) is 7.28. The summed E-state index contributed by atoms with van der Waals surface area (Å²) in [5.41, 5.74) is 1.17. The van der Waals surface area contributed by atoms with Gasteiger partial charge in [-0.05, 0) is 19.3 Å². The maximum atomic E-state index is 3.89. The SMILES string of the molecule is C=CC(CC)[C](C)C(=C)C. The second kappa shape index (κ2) is 4.32. The number of hydrogen-bond donors (Lipinski definition) is 0. The molecule has 0 aromatic heterocycles. The molecule has 0 heterocycles. The molecule has 1 atom stereocenters. The van der Waals surface area contributed by atoms with E-state index in [0.29, 0.717) is 5.92 Å². The third-order valence-electron chi connectivity index (χ3n) is 1.95. The maximum Gasteiger partial charge on any atom is 0.00370 e. The number of rotatable bonds is 4. The van der Waals surface area contributed by atoms with Crippen LogP contribution in [0.2, 0.25) is 0 Å². The van der Waals surface area contributed by atoms with Gasteiger partial charge in [-0.2, -0.15) is 0 Å². The number of hydrogen-bond acceptors (Lipinski definition) is 0. The van der Waals surface area contributed by atoms with Gasteiger partial charge in [0, 0.05) is 5.92 Å². The van der Waals surface area contributed by atoms with Crippen molar-refractivity contribution < 1.29 is 0 Å². The fraction of sp³-hybridized carbons (Fsp3) is 0.500. The molecule has 0 amide bonds. The first-order valence-electron chi connectivity index (χ1n) is 3.75. The van der Waals surface area contributed by atoms with Crippen LogP contribution in [0, 0.1) is 11.8 Å². The minimum absolute atomic E-state index is 0.525. The predicted octanol–water partition coefficient (Wildman–Crippen LogP) is 3.37. The van der Waals surface area contributed by atoms with Crippen LogP contribution in [0.3, 0.4) is 0 Å². The molecule has 0 nitrogen and oxygen atoms in total. The van der Waals surface area contributed by atoms with E-state index in [-0.39, 0.29) is 0 Å². The van der Waals surface area contributed by atoms with Gasteiger partial charge in [-0.1, -0.05) is 32.1 Å². The topological polar surface area (TPSA) is 0 Å². The highest BCUT2D eigenvalue weighted by Crippen LogP contribution is 2.24. The van der Waals surface area contributed by atoms with Crippen molar-refractivity contribution in [3.63, 3.8) is 0 Å². The lowest BCUT2D eigenvalue weighted by atomic mass is 9.87. The minimum Gasteiger partial charge on any atom is -0.103 e. The monoisotopic (exact) mass is 137 g/mol. The van der Waals surface area contributed by atoms with Gasteiger partial charge < -0.3 is 0 Å². The summed E-state index contributed by atoms with van der Waals surface area (Å²) in [4.78, 5) is 0. The summed E-state index contributed by atoms with van der Waals surface area (Å²) in [5, 5.41) is 0. The molecule has 0 aromatic rings. The van der Waals surface area contributed by atoms with E-state index < -0.39 is 0 Å². The predicted molar refractivity (Wildman–Crippen MR) is 47.7 cm³/mol. The smallest absolute Gasteiger partial charge is 0.00370 e. The van der Waals surface area contributed by atoms with Crippen LogP contribution in [0.4, 0.5) is 0 Å². The van der Waals surface area contributed by atoms with E-state index in [1.807, 2.05) is 13.0 Å². The van der Waals surface area contributed by atoms with Gasteiger partial charge in [-0.3, -0.25) is 0 Å². The van der Waals surface area contributed by atoms with Gasteiger partial charge in [0.05, 0.1) is 0 Å². The summed E-state index contributed by atoms with van der Waals surface area (Å²) in [7, 11) is 0. The molecule has 0 spiro atoms. The second-order valence-electron chi connectivity index (χ2n) is 2.71. The molecule has 0 N–H and O–H groups in total. The molecule has 0 aromatic carbocycles. The minimum atomic E-state index is 0.525. The second-order valence-corrected chi connectivity index (χ2v) is 2.71. The third kappa shape index (κ3) is 2.38. The molecule has 1 unspecified atom stereocenters. The Kier molecular flexibility index (Phi) is 4.10. The fourth-order valence-corrected chi connectivity index (χ4v) is 0.966. The first-order valence-corrected chi connectivity index (χ1v) is 3.75. The lowest BCUT2D eigenvalue weighted by Gasteiger charge is -2.17. The first-order chi connectivity index (χ1) is 4.63. The van der Waals surface area contributed by atoms with Gasteiger partial charge in [0.15, 0.2) is 0 Å². The van der Waals surface area contributed by atoms with Gasteiger partial charge in [-0.15, -0.1) is 6.58 Å². The Balaban J connectivity index is 4.00. The fourth-order valence-electron chi connectivity index (χ4n) is 0.966. The molecule has 0 saturated heterocycles. The van der Waals surface area contributed by atoms with Crippen LogP contribution in [-0.2, 0) is 0 Å². The van der Waals surface area contributed by atoms with E-state index in [1.54, 1.807) is 0 Å².